The van der Waals surface area contributed by atoms with Gasteiger partial charge >= 0.3 is 5.97 Å². The van der Waals surface area contributed by atoms with Crippen LogP contribution in [0.15, 0.2) is 42.5 Å². The maximum absolute atomic E-state index is 12.8. The zero-order chi connectivity index (χ0) is 20.4. The van der Waals surface area contributed by atoms with Crippen molar-refractivity contribution in [3.63, 3.8) is 0 Å². The first kappa shape index (κ1) is 19.4. The Morgan fingerprint density at radius 2 is 1.86 bits per heavy atom. The van der Waals surface area contributed by atoms with E-state index in [-0.39, 0.29) is 5.91 Å². The lowest BCUT2D eigenvalue weighted by Gasteiger charge is -2.23. The van der Waals surface area contributed by atoms with Gasteiger partial charge in [0.15, 0.2) is 0 Å². The number of anilines is 1. The third-order valence-electron chi connectivity index (χ3n) is 5.97. The SMILES string of the molecule is N#Cc1c(NC(=O)[C@@H]2CC=CC[C@H]2C(=O)O)sc2c1CC[C@H](c1ccccc1)C2. The van der Waals surface area contributed by atoms with E-state index < -0.39 is 17.8 Å². The molecule has 1 heterocycles. The molecule has 2 N–H and O–H groups in total. The van der Waals surface area contributed by atoms with Crippen LogP contribution in [0, 0.1) is 23.2 Å². The lowest BCUT2D eigenvalue weighted by Crippen LogP contribution is -2.34. The molecule has 0 bridgehead atoms. The van der Waals surface area contributed by atoms with Crippen LogP contribution in [0.1, 0.15) is 46.7 Å². The van der Waals surface area contributed by atoms with E-state index in [0.29, 0.717) is 29.3 Å². The number of rotatable bonds is 4. The van der Waals surface area contributed by atoms with Crippen molar-refractivity contribution in [2.24, 2.45) is 11.8 Å². The molecule has 0 fully saturated rings. The Morgan fingerprint density at radius 1 is 1.14 bits per heavy atom. The summed E-state index contributed by atoms with van der Waals surface area (Å²) >= 11 is 1.47. The van der Waals surface area contributed by atoms with Crippen LogP contribution in [-0.4, -0.2) is 17.0 Å². The van der Waals surface area contributed by atoms with E-state index in [1.807, 2.05) is 30.4 Å². The topological polar surface area (TPSA) is 90.2 Å². The van der Waals surface area contributed by atoms with Crippen LogP contribution in [0.25, 0.3) is 0 Å². The van der Waals surface area contributed by atoms with Crippen LogP contribution < -0.4 is 5.32 Å². The Kier molecular flexibility index (Phi) is 5.50. The Labute approximate surface area is 173 Å². The summed E-state index contributed by atoms with van der Waals surface area (Å²) in [5.41, 5.74) is 2.88. The summed E-state index contributed by atoms with van der Waals surface area (Å²) in [7, 11) is 0. The molecule has 6 heteroatoms. The molecule has 3 atom stereocenters. The fourth-order valence-electron chi connectivity index (χ4n) is 4.38. The lowest BCUT2D eigenvalue weighted by molar-refractivity contribution is -0.146. The molecule has 0 saturated heterocycles. The maximum Gasteiger partial charge on any atom is 0.307 e. The van der Waals surface area contributed by atoms with E-state index in [4.69, 9.17) is 0 Å². The molecule has 148 valence electrons. The Hall–Kier alpha value is -2.91. The smallest absolute Gasteiger partial charge is 0.307 e. The van der Waals surface area contributed by atoms with Gasteiger partial charge in [0.25, 0.3) is 0 Å². The zero-order valence-electron chi connectivity index (χ0n) is 15.9. The predicted octanol–water partition coefficient (Wildman–Crippen LogP) is 4.50. The molecule has 29 heavy (non-hydrogen) atoms. The summed E-state index contributed by atoms with van der Waals surface area (Å²) in [6.45, 7) is 0. The van der Waals surface area contributed by atoms with Crippen molar-refractivity contribution in [1.29, 1.82) is 5.26 Å². The number of carbonyl (C=O) groups excluding carboxylic acids is 1. The van der Waals surface area contributed by atoms with Gasteiger partial charge in [-0.25, -0.2) is 0 Å². The van der Waals surface area contributed by atoms with Crippen molar-refractivity contribution < 1.29 is 14.7 Å². The van der Waals surface area contributed by atoms with Gasteiger partial charge in [-0.2, -0.15) is 5.26 Å². The molecule has 0 unspecified atom stereocenters. The number of carboxylic acid groups (broad SMARTS) is 1. The van der Waals surface area contributed by atoms with Crippen LogP contribution in [0.5, 0.6) is 0 Å². The Morgan fingerprint density at radius 3 is 2.55 bits per heavy atom. The van der Waals surface area contributed by atoms with E-state index >= 15 is 0 Å². The Balaban J connectivity index is 1.56. The number of nitrogens with zero attached hydrogens (tertiary/aromatic N) is 1. The number of nitrogens with one attached hydrogen (secondary N) is 1. The minimum absolute atomic E-state index is 0.309. The highest BCUT2D eigenvalue weighted by molar-refractivity contribution is 7.16. The second kappa shape index (κ2) is 8.22. The number of aliphatic carboxylic acids is 1. The van der Waals surface area contributed by atoms with Gasteiger partial charge < -0.3 is 10.4 Å². The minimum atomic E-state index is -0.953. The first-order valence-electron chi connectivity index (χ1n) is 9.86. The third-order valence-corrected chi connectivity index (χ3v) is 7.14. The van der Waals surface area contributed by atoms with Gasteiger partial charge in [0.05, 0.1) is 17.4 Å². The molecule has 1 aromatic carbocycles. The van der Waals surface area contributed by atoms with E-state index in [1.165, 1.54) is 16.9 Å². The number of amides is 1. The Bertz CT molecular complexity index is 1000. The number of thiophene rings is 1. The number of fused-ring (bicyclic) bond motifs is 1. The van der Waals surface area contributed by atoms with E-state index in [9.17, 15) is 20.0 Å². The number of nitriles is 1. The molecule has 0 aliphatic heterocycles. The van der Waals surface area contributed by atoms with E-state index in [2.05, 4.69) is 23.5 Å². The molecule has 2 aromatic rings. The second-order valence-corrected chi connectivity index (χ2v) is 8.76. The molecule has 0 saturated carbocycles. The highest BCUT2D eigenvalue weighted by Crippen LogP contribution is 2.42. The van der Waals surface area contributed by atoms with Crippen LogP contribution in [0.2, 0.25) is 0 Å². The van der Waals surface area contributed by atoms with Crippen molar-refractivity contribution in [2.75, 3.05) is 5.32 Å². The number of allylic oxidation sites excluding steroid dienone is 2. The molecule has 5 nitrogen and oxygen atoms in total. The van der Waals surface area contributed by atoms with Crippen LogP contribution in [0.4, 0.5) is 5.00 Å². The molecular formula is C23H22N2O3S. The summed E-state index contributed by atoms with van der Waals surface area (Å²) < 4.78 is 0. The average Bonchev–Trinajstić information content (AvgIpc) is 3.10. The average molecular weight is 407 g/mol. The highest BCUT2D eigenvalue weighted by Gasteiger charge is 2.35. The normalized spacial score (nSPS) is 23.1. The maximum atomic E-state index is 12.8. The van der Waals surface area contributed by atoms with Gasteiger partial charge in [-0.1, -0.05) is 42.5 Å². The molecule has 2 aliphatic carbocycles. The van der Waals surface area contributed by atoms with Crippen molar-refractivity contribution in [3.8, 4) is 6.07 Å². The summed E-state index contributed by atoms with van der Waals surface area (Å²) in [6.07, 6.45) is 7.09. The van der Waals surface area contributed by atoms with Gasteiger partial charge in [0.2, 0.25) is 5.91 Å². The molecule has 1 aromatic heterocycles. The van der Waals surface area contributed by atoms with Crippen molar-refractivity contribution in [1.82, 2.24) is 0 Å². The number of hydrogen-bond donors (Lipinski definition) is 2. The van der Waals surface area contributed by atoms with Crippen molar-refractivity contribution in [2.45, 2.75) is 38.0 Å². The minimum Gasteiger partial charge on any atom is -0.481 e. The van der Waals surface area contributed by atoms with Crippen molar-refractivity contribution in [3.05, 3.63) is 64.1 Å². The molecule has 1 amide bonds. The van der Waals surface area contributed by atoms with Gasteiger partial charge in [-0.15, -0.1) is 11.3 Å². The monoisotopic (exact) mass is 406 g/mol. The van der Waals surface area contributed by atoms with Gasteiger partial charge in [-0.3, -0.25) is 9.59 Å². The van der Waals surface area contributed by atoms with Crippen LogP contribution in [0.3, 0.4) is 0 Å². The van der Waals surface area contributed by atoms with Crippen LogP contribution in [-0.2, 0) is 22.4 Å². The molecule has 0 spiro atoms. The van der Waals surface area contributed by atoms with Crippen molar-refractivity contribution >= 4 is 28.2 Å². The summed E-state index contributed by atoms with van der Waals surface area (Å²) in [6, 6.07) is 12.6. The number of benzene rings is 1. The molecule has 0 radical (unpaired) electrons. The molecular weight excluding hydrogens is 384 g/mol. The highest BCUT2D eigenvalue weighted by atomic mass is 32.1. The first-order chi connectivity index (χ1) is 14.1. The number of hydrogen-bond acceptors (Lipinski definition) is 4. The first-order valence-corrected chi connectivity index (χ1v) is 10.7. The van der Waals surface area contributed by atoms with Gasteiger partial charge in [0, 0.05) is 4.88 Å². The van der Waals surface area contributed by atoms with E-state index in [1.54, 1.807) is 0 Å². The summed E-state index contributed by atoms with van der Waals surface area (Å²) in [5.74, 6) is -2.18. The summed E-state index contributed by atoms with van der Waals surface area (Å²) in [4.78, 5) is 25.5. The predicted molar refractivity (Wildman–Crippen MR) is 112 cm³/mol. The zero-order valence-corrected chi connectivity index (χ0v) is 16.7. The summed E-state index contributed by atoms with van der Waals surface area (Å²) in [5, 5.41) is 22.6. The lowest BCUT2D eigenvalue weighted by atomic mass is 9.82. The third kappa shape index (κ3) is 3.83. The van der Waals surface area contributed by atoms with Gasteiger partial charge in [-0.05, 0) is 49.1 Å². The fourth-order valence-corrected chi connectivity index (χ4v) is 5.66. The van der Waals surface area contributed by atoms with Gasteiger partial charge in [0.1, 0.15) is 11.1 Å². The largest absolute Gasteiger partial charge is 0.481 e. The second-order valence-electron chi connectivity index (χ2n) is 7.65. The van der Waals surface area contributed by atoms with E-state index in [0.717, 1.165) is 29.7 Å². The quantitative estimate of drug-likeness (QED) is 0.732. The molecule has 4 rings (SSSR count). The molecule has 2 aliphatic rings. The number of carboxylic acids is 1. The standard InChI is InChI=1S/C23H22N2O3S/c24-13-19-16-11-10-15(14-6-2-1-3-7-14)12-20(16)29-22(19)25-21(26)17-8-4-5-9-18(17)23(27)28/h1-7,15,17-18H,8-12H2,(H,25,26)(H,27,28)/t15-,17+,18+/m0/s1. The fraction of sp³-hybridized carbons (Fsp3) is 0.348. The number of carbonyl (C=O) groups is 2. The van der Waals surface area contributed by atoms with Crippen LogP contribution >= 0.6 is 11.3 Å².